The summed E-state index contributed by atoms with van der Waals surface area (Å²) >= 11 is 0. The molecule has 5 heteroatoms. The summed E-state index contributed by atoms with van der Waals surface area (Å²) in [6.07, 6.45) is 0.936. The topological polar surface area (TPSA) is 68.3 Å². The van der Waals surface area contributed by atoms with Gasteiger partial charge in [-0.05, 0) is 20.8 Å². The van der Waals surface area contributed by atoms with Crippen molar-refractivity contribution in [1.82, 2.24) is 0 Å². The van der Waals surface area contributed by atoms with Crippen molar-refractivity contribution >= 4 is 21.4 Å². The molecule has 1 aliphatic rings. The lowest BCUT2D eigenvalue weighted by Gasteiger charge is -2.23. The van der Waals surface area contributed by atoms with E-state index in [4.69, 9.17) is 0 Å². The lowest BCUT2D eigenvalue weighted by atomic mass is 9.95. The standard InChI is InChI=1S/C14H14O4S/c1-14(2,3)19(17,18)12-8-11(15)9-6-4-5-7-10(9)13(12)16/h4-8H,1-3H3. The largest absolute Gasteiger partial charge is 0.289 e. The number of hydrogen-bond donors (Lipinski definition) is 0. The highest BCUT2D eigenvalue weighted by molar-refractivity contribution is 7.97. The molecule has 0 saturated heterocycles. The number of benzene rings is 1. The number of Topliss-reactive ketones (excluding diaryl/α,β-unsaturated/α-hetero) is 1. The van der Waals surface area contributed by atoms with E-state index in [1.165, 1.54) is 32.9 Å². The van der Waals surface area contributed by atoms with Crippen molar-refractivity contribution < 1.29 is 18.0 Å². The Morgan fingerprint density at radius 3 is 2.00 bits per heavy atom. The van der Waals surface area contributed by atoms with Crippen molar-refractivity contribution in [3.63, 3.8) is 0 Å². The van der Waals surface area contributed by atoms with Crippen LogP contribution in [0.3, 0.4) is 0 Å². The van der Waals surface area contributed by atoms with Gasteiger partial charge in [0.05, 0.1) is 4.75 Å². The zero-order valence-corrected chi connectivity index (χ0v) is 11.7. The fourth-order valence-electron chi connectivity index (χ4n) is 1.82. The molecule has 4 nitrogen and oxygen atoms in total. The van der Waals surface area contributed by atoms with Gasteiger partial charge in [0, 0.05) is 17.2 Å². The SMILES string of the molecule is CC(C)(C)S(=O)(=O)C1=CC(=O)c2ccccc2C1=O. The second kappa shape index (κ2) is 4.13. The Morgan fingerprint density at radius 1 is 0.947 bits per heavy atom. The Kier molecular flexibility index (Phi) is 2.97. The van der Waals surface area contributed by atoms with Gasteiger partial charge in [-0.2, -0.15) is 0 Å². The minimum Gasteiger partial charge on any atom is -0.289 e. The van der Waals surface area contributed by atoms with Crippen LogP contribution in [-0.4, -0.2) is 24.7 Å². The summed E-state index contributed by atoms with van der Waals surface area (Å²) in [4.78, 5) is 23.8. The van der Waals surface area contributed by atoms with Crippen molar-refractivity contribution in [2.75, 3.05) is 0 Å². The lowest BCUT2D eigenvalue weighted by molar-refractivity contribution is 0.0990. The van der Waals surface area contributed by atoms with E-state index in [0.717, 1.165) is 6.08 Å². The van der Waals surface area contributed by atoms with Gasteiger partial charge in [0.25, 0.3) is 0 Å². The minimum atomic E-state index is -3.83. The second-order valence-electron chi connectivity index (χ2n) is 5.36. The van der Waals surface area contributed by atoms with Crippen LogP contribution in [-0.2, 0) is 9.84 Å². The zero-order chi connectivity index (χ0) is 14.4. The molecular formula is C14H14O4S. The van der Waals surface area contributed by atoms with Crippen LogP contribution in [0.2, 0.25) is 0 Å². The van der Waals surface area contributed by atoms with Gasteiger partial charge in [-0.15, -0.1) is 0 Å². The van der Waals surface area contributed by atoms with Crippen LogP contribution in [0, 0.1) is 0 Å². The highest BCUT2D eigenvalue weighted by atomic mass is 32.2. The second-order valence-corrected chi connectivity index (χ2v) is 8.03. The van der Waals surface area contributed by atoms with E-state index in [2.05, 4.69) is 0 Å². The van der Waals surface area contributed by atoms with E-state index >= 15 is 0 Å². The van der Waals surface area contributed by atoms with Gasteiger partial charge in [0.2, 0.25) is 5.78 Å². The Morgan fingerprint density at radius 2 is 1.47 bits per heavy atom. The van der Waals surface area contributed by atoms with Crippen LogP contribution in [0.15, 0.2) is 35.2 Å². The fraction of sp³-hybridized carbons (Fsp3) is 0.286. The van der Waals surface area contributed by atoms with Crippen molar-refractivity contribution in [1.29, 1.82) is 0 Å². The molecule has 1 aliphatic carbocycles. The van der Waals surface area contributed by atoms with E-state index in [9.17, 15) is 18.0 Å². The van der Waals surface area contributed by atoms with E-state index in [0.29, 0.717) is 0 Å². The molecule has 19 heavy (non-hydrogen) atoms. The summed E-state index contributed by atoms with van der Waals surface area (Å²) in [5.74, 6) is -1.05. The fourth-order valence-corrected chi connectivity index (χ4v) is 3.10. The monoisotopic (exact) mass is 278 g/mol. The first-order valence-corrected chi connectivity index (χ1v) is 7.29. The van der Waals surface area contributed by atoms with Crippen LogP contribution >= 0.6 is 0 Å². The van der Waals surface area contributed by atoms with Crippen LogP contribution < -0.4 is 0 Å². The summed E-state index contributed by atoms with van der Waals surface area (Å²) in [7, 11) is -3.83. The molecule has 2 rings (SSSR count). The van der Waals surface area contributed by atoms with Crippen molar-refractivity contribution in [2.45, 2.75) is 25.5 Å². The maximum atomic E-state index is 12.3. The Labute approximate surface area is 112 Å². The van der Waals surface area contributed by atoms with Gasteiger partial charge in [-0.3, -0.25) is 9.59 Å². The van der Waals surface area contributed by atoms with Crippen LogP contribution in [0.25, 0.3) is 0 Å². The van der Waals surface area contributed by atoms with Gasteiger partial charge < -0.3 is 0 Å². The number of rotatable bonds is 1. The molecule has 100 valence electrons. The Balaban J connectivity index is 2.66. The first-order chi connectivity index (χ1) is 8.66. The van der Waals surface area contributed by atoms with Crippen molar-refractivity contribution in [3.8, 4) is 0 Å². The molecule has 1 aromatic carbocycles. The number of fused-ring (bicyclic) bond motifs is 1. The summed E-state index contributed by atoms with van der Waals surface area (Å²) in [5, 5.41) is 0. The van der Waals surface area contributed by atoms with Crippen molar-refractivity contribution in [2.24, 2.45) is 0 Å². The van der Waals surface area contributed by atoms with Gasteiger partial charge in [-0.1, -0.05) is 24.3 Å². The molecule has 0 radical (unpaired) electrons. The molecule has 0 atom stereocenters. The molecule has 0 spiro atoms. The average Bonchev–Trinajstić information content (AvgIpc) is 2.32. The summed E-state index contributed by atoms with van der Waals surface area (Å²) < 4.78 is 23.5. The molecule has 0 aromatic heterocycles. The molecule has 0 bridgehead atoms. The number of allylic oxidation sites excluding steroid dienone is 2. The molecule has 1 aromatic rings. The normalized spacial score (nSPS) is 16.1. The average molecular weight is 278 g/mol. The third kappa shape index (κ3) is 2.04. The van der Waals surface area contributed by atoms with Crippen molar-refractivity contribution in [3.05, 3.63) is 46.4 Å². The highest BCUT2D eigenvalue weighted by Crippen LogP contribution is 2.30. The van der Waals surface area contributed by atoms with Crippen LogP contribution in [0.5, 0.6) is 0 Å². The number of ketones is 2. The number of sulfone groups is 1. The quantitative estimate of drug-likeness (QED) is 0.789. The summed E-state index contributed by atoms with van der Waals surface area (Å²) in [5.41, 5.74) is 0.401. The summed E-state index contributed by atoms with van der Waals surface area (Å²) in [6, 6.07) is 6.24. The maximum Gasteiger partial charge on any atom is 0.205 e. The highest BCUT2D eigenvalue weighted by Gasteiger charge is 2.40. The smallest absolute Gasteiger partial charge is 0.205 e. The van der Waals surface area contributed by atoms with E-state index < -0.39 is 31.1 Å². The van der Waals surface area contributed by atoms with E-state index in [-0.39, 0.29) is 11.1 Å². The van der Waals surface area contributed by atoms with Crippen LogP contribution in [0.4, 0.5) is 0 Å². The summed E-state index contributed by atoms with van der Waals surface area (Å²) in [6.45, 7) is 4.50. The molecule has 0 aliphatic heterocycles. The molecule has 0 unspecified atom stereocenters. The van der Waals surface area contributed by atoms with Gasteiger partial charge in [0.15, 0.2) is 15.6 Å². The van der Waals surface area contributed by atoms with E-state index in [1.54, 1.807) is 12.1 Å². The molecule has 0 N–H and O–H groups in total. The lowest BCUT2D eigenvalue weighted by Crippen LogP contribution is -2.34. The number of hydrogen-bond acceptors (Lipinski definition) is 4. The number of carbonyl (C=O) groups excluding carboxylic acids is 2. The molecular weight excluding hydrogens is 264 g/mol. The molecule has 0 heterocycles. The zero-order valence-electron chi connectivity index (χ0n) is 10.9. The number of carbonyl (C=O) groups is 2. The predicted octanol–water partition coefficient (Wildman–Crippen LogP) is 2.16. The molecule has 0 saturated carbocycles. The molecule has 0 amide bonds. The van der Waals surface area contributed by atoms with Gasteiger partial charge in [-0.25, -0.2) is 8.42 Å². The maximum absolute atomic E-state index is 12.3. The Hall–Kier alpha value is -1.75. The third-order valence-corrected chi connectivity index (χ3v) is 5.51. The van der Waals surface area contributed by atoms with Gasteiger partial charge >= 0.3 is 0 Å². The van der Waals surface area contributed by atoms with Gasteiger partial charge in [0.1, 0.15) is 4.91 Å². The first kappa shape index (κ1) is 13.7. The van der Waals surface area contributed by atoms with E-state index in [1.807, 2.05) is 0 Å². The first-order valence-electron chi connectivity index (χ1n) is 5.80. The van der Waals surface area contributed by atoms with Crippen LogP contribution in [0.1, 0.15) is 41.5 Å². The molecule has 0 fully saturated rings. The minimum absolute atomic E-state index is 0.151. The third-order valence-electron chi connectivity index (χ3n) is 3.02. The Bertz CT molecular complexity index is 703. The predicted molar refractivity (Wildman–Crippen MR) is 71.9 cm³/mol.